The molecule has 6 nitrogen and oxygen atoms in total. The summed E-state index contributed by atoms with van der Waals surface area (Å²) >= 11 is 0. The normalized spacial score (nSPS) is 18.5. The molecule has 3 heterocycles. The summed E-state index contributed by atoms with van der Waals surface area (Å²) in [4.78, 5) is 34.7. The van der Waals surface area contributed by atoms with Gasteiger partial charge in [-0.25, -0.2) is 9.37 Å². The minimum absolute atomic E-state index is 0.000180. The molecule has 0 fully saturated rings. The number of aromatic nitrogens is 2. The number of fused-ring (bicyclic) bond motifs is 2. The van der Waals surface area contributed by atoms with Gasteiger partial charge in [-0.15, -0.1) is 0 Å². The quantitative estimate of drug-likeness (QED) is 0.790. The fraction of sp³-hybridized carbons (Fsp3) is 0.500. The van der Waals surface area contributed by atoms with Crippen molar-refractivity contribution >= 4 is 5.91 Å². The van der Waals surface area contributed by atoms with E-state index >= 15 is 0 Å². The molecule has 1 atom stereocenters. The number of nitrogens with zero attached hydrogens (tertiary/aromatic N) is 4. The Morgan fingerprint density at radius 2 is 2.14 bits per heavy atom. The Balaban J connectivity index is 1.59. The van der Waals surface area contributed by atoms with Crippen LogP contribution in [0.1, 0.15) is 41.5 Å². The molecule has 2 aromatic rings. The summed E-state index contributed by atoms with van der Waals surface area (Å²) in [7, 11) is 4.02. The fourth-order valence-corrected chi connectivity index (χ4v) is 4.46. The van der Waals surface area contributed by atoms with E-state index in [0.29, 0.717) is 24.1 Å². The number of carbonyl (C=O) groups excluding carboxylic acids is 1. The molecule has 0 saturated heterocycles. The summed E-state index contributed by atoms with van der Waals surface area (Å²) in [6.45, 7) is 1.62. The minimum atomic E-state index is -0.347. The summed E-state index contributed by atoms with van der Waals surface area (Å²) in [6, 6.07) is 6.23. The molecule has 154 valence electrons. The van der Waals surface area contributed by atoms with Crippen molar-refractivity contribution in [1.82, 2.24) is 19.4 Å². The predicted molar refractivity (Wildman–Crippen MR) is 108 cm³/mol. The third kappa shape index (κ3) is 4.10. The summed E-state index contributed by atoms with van der Waals surface area (Å²) < 4.78 is 15.3. The van der Waals surface area contributed by atoms with Crippen LogP contribution in [0.4, 0.5) is 4.39 Å². The summed E-state index contributed by atoms with van der Waals surface area (Å²) in [5.41, 5.74) is 2.12. The number of carbonyl (C=O) groups is 1. The molecule has 2 aliphatic heterocycles. The second-order valence-electron chi connectivity index (χ2n) is 8.31. The summed E-state index contributed by atoms with van der Waals surface area (Å²) in [5.74, 6) is 0.444. The zero-order valence-electron chi connectivity index (χ0n) is 17.0. The first-order valence-corrected chi connectivity index (χ1v) is 10.2. The van der Waals surface area contributed by atoms with E-state index in [1.54, 1.807) is 17.0 Å². The maximum atomic E-state index is 13.4. The fourth-order valence-electron chi connectivity index (χ4n) is 4.46. The van der Waals surface area contributed by atoms with Crippen LogP contribution in [-0.2, 0) is 30.6 Å². The van der Waals surface area contributed by atoms with Gasteiger partial charge in [0.2, 0.25) is 5.91 Å². The lowest BCUT2D eigenvalue weighted by Crippen LogP contribution is -2.45. The van der Waals surface area contributed by atoms with Crippen molar-refractivity contribution in [3.05, 3.63) is 63.1 Å². The Hall–Kier alpha value is -2.54. The number of likely N-dealkylation sites (N-methyl/N-ethyl adjacent to an activating group) is 1. The number of rotatable bonds is 4. The number of hydrogen-bond acceptors (Lipinski definition) is 4. The van der Waals surface area contributed by atoms with Gasteiger partial charge < -0.3 is 9.80 Å². The second-order valence-corrected chi connectivity index (χ2v) is 8.31. The van der Waals surface area contributed by atoms with Gasteiger partial charge in [0.15, 0.2) is 0 Å². The molecule has 0 saturated carbocycles. The van der Waals surface area contributed by atoms with Crippen LogP contribution in [0.15, 0.2) is 29.1 Å². The lowest BCUT2D eigenvalue weighted by Gasteiger charge is -2.33. The molecule has 4 rings (SSSR count). The molecule has 2 aliphatic rings. The van der Waals surface area contributed by atoms with Crippen LogP contribution in [0.2, 0.25) is 0 Å². The lowest BCUT2D eigenvalue weighted by atomic mass is 10.00. The van der Waals surface area contributed by atoms with Gasteiger partial charge >= 0.3 is 0 Å². The van der Waals surface area contributed by atoms with Crippen molar-refractivity contribution in [3.63, 3.8) is 0 Å². The van der Waals surface area contributed by atoms with Crippen LogP contribution >= 0.6 is 0 Å². The van der Waals surface area contributed by atoms with Crippen molar-refractivity contribution in [2.24, 2.45) is 0 Å². The molecule has 1 aromatic carbocycles. The molecule has 1 aromatic heterocycles. The number of benzene rings is 1. The number of halogens is 1. The Kier molecular flexibility index (Phi) is 5.50. The Labute approximate surface area is 170 Å². The molecule has 7 heteroatoms. The van der Waals surface area contributed by atoms with Gasteiger partial charge in [0, 0.05) is 25.9 Å². The zero-order valence-corrected chi connectivity index (χ0v) is 17.0. The van der Waals surface area contributed by atoms with Gasteiger partial charge in [-0.05, 0) is 44.6 Å². The van der Waals surface area contributed by atoms with Gasteiger partial charge in [-0.1, -0.05) is 12.1 Å². The van der Waals surface area contributed by atoms with E-state index in [-0.39, 0.29) is 36.3 Å². The van der Waals surface area contributed by atoms with Crippen LogP contribution < -0.4 is 5.56 Å². The number of amides is 1. The van der Waals surface area contributed by atoms with E-state index in [4.69, 9.17) is 4.98 Å². The molecule has 0 spiro atoms. The van der Waals surface area contributed by atoms with Crippen molar-refractivity contribution in [3.8, 4) is 0 Å². The van der Waals surface area contributed by atoms with E-state index in [1.165, 1.54) is 12.1 Å². The zero-order chi connectivity index (χ0) is 20.5. The average molecular weight is 398 g/mol. The highest BCUT2D eigenvalue weighted by molar-refractivity contribution is 5.79. The van der Waals surface area contributed by atoms with E-state index in [9.17, 15) is 14.0 Å². The average Bonchev–Trinajstić information content (AvgIpc) is 2.67. The van der Waals surface area contributed by atoms with Gasteiger partial charge in [-0.2, -0.15) is 0 Å². The Bertz CT molecular complexity index is 985. The maximum absolute atomic E-state index is 13.4. The second kappa shape index (κ2) is 8.06. The number of aryl methyl sites for hydroxylation is 1. The predicted octanol–water partition coefficient (Wildman–Crippen LogP) is 1.95. The highest BCUT2D eigenvalue weighted by Crippen LogP contribution is 2.25. The van der Waals surface area contributed by atoms with E-state index in [1.807, 2.05) is 18.7 Å². The first-order valence-electron chi connectivity index (χ1n) is 10.2. The van der Waals surface area contributed by atoms with Crippen molar-refractivity contribution < 1.29 is 9.18 Å². The topological polar surface area (TPSA) is 58.4 Å². The lowest BCUT2D eigenvalue weighted by molar-refractivity contribution is -0.131. The van der Waals surface area contributed by atoms with Crippen molar-refractivity contribution in [2.45, 2.75) is 44.7 Å². The highest BCUT2D eigenvalue weighted by atomic mass is 19.1. The van der Waals surface area contributed by atoms with Gasteiger partial charge in [0.05, 0.1) is 30.3 Å². The Morgan fingerprint density at radius 3 is 2.90 bits per heavy atom. The minimum Gasteiger partial charge on any atom is -0.337 e. The smallest absolute Gasteiger partial charge is 0.259 e. The SMILES string of the molecule is CN(C)C[C@H]1CCCc2nc3c(c(=O)n21)CN(C(=O)Cc1cccc(F)c1)CC3. The molecule has 29 heavy (non-hydrogen) atoms. The third-order valence-corrected chi connectivity index (χ3v) is 5.81. The van der Waals surface area contributed by atoms with Gasteiger partial charge in [0.25, 0.3) is 5.56 Å². The van der Waals surface area contributed by atoms with E-state index in [2.05, 4.69) is 4.90 Å². The largest absolute Gasteiger partial charge is 0.337 e. The summed E-state index contributed by atoms with van der Waals surface area (Å²) in [5, 5.41) is 0. The molecule has 0 N–H and O–H groups in total. The molecule has 0 unspecified atom stereocenters. The molecular formula is C22H27FN4O2. The van der Waals surface area contributed by atoms with Crippen LogP contribution in [0.3, 0.4) is 0 Å². The molecule has 0 aliphatic carbocycles. The van der Waals surface area contributed by atoms with Crippen LogP contribution in [0.5, 0.6) is 0 Å². The van der Waals surface area contributed by atoms with Crippen LogP contribution in [-0.4, -0.2) is 52.4 Å². The van der Waals surface area contributed by atoms with Crippen molar-refractivity contribution in [1.29, 1.82) is 0 Å². The van der Waals surface area contributed by atoms with Gasteiger partial charge in [-0.3, -0.25) is 14.2 Å². The molecular weight excluding hydrogens is 371 g/mol. The molecule has 1 amide bonds. The number of hydrogen-bond donors (Lipinski definition) is 0. The molecule has 0 radical (unpaired) electrons. The van der Waals surface area contributed by atoms with Crippen molar-refractivity contribution in [2.75, 3.05) is 27.2 Å². The van der Waals surface area contributed by atoms with E-state index < -0.39 is 0 Å². The first kappa shape index (κ1) is 19.8. The summed E-state index contributed by atoms with van der Waals surface area (Å²) in [6.07, 6.45) is 3.56. The molecule has 0 bridgehead atoms. The highest BCUT2D eigenvalue weighted by Gasteiger charge is 2.30. The first-order chi connectivity index (χ1) is 13.9. The Morgan fingerprint density at radius 1 is 1.31 bits per heavy atom. The van der Waals surface area contributed by atoms with Crippen LogP contribution in [0, 0.1) is 5.82 Å². The van der Waals surface area contributed by atoms with E-state index in [0.717, 1.165) is 37.3 Å². The standard InChI is InChI=1S/C22H27FN4O2/c1-25(2)13-17-7-4-8-20-24-19-9-10-26(14-18(19)22(29)27(17)20)21(28)12-15-5-3-6-16(23)11-15/h3,5-6,11,17H,4,7-10,12-14H2,1-2H3/t17-/m1/s1. The van der Waals surface area contributed by atoms with Gasteiger partial charge in [0.1, 0.15) is 11.6 Å². The monoisotopic (exact) mass is 398 g/mol. The van der Waals surface area contributed by atoms with Crippen LogP contribution in [0.25, 0.3) is 0 Å². The maximum Gasteiger partial charge on any atom is 0.259 e. The third-order valence-electron chi connectivity index (χ3n) is 5.81.